The van der Waals surface area contributed by atoms with Gasteiger partial charge in [-0.05, 0) is 43.9 Å². The largest absolute Gasteiger partial charge is 0.478 e. The Labute approximate surface area is 123 Å². The number of aromatic carboxylic acids is 1. The summed E-state index contributed by atoms with van der Waals surface area (Å²) >= 11 is 0. The third-order valence-corrected chi connectivity index (χ3v) is 3.52. The van der Waals surface area contributed by atoms with E-state index >= 15 is 0 Å². The van der Waals surface area contributed by atoms with Gasteiger partial charge >= 0.3 is 5.97 Å². The Hall–Kier alpha value is -2.08. The van der Waals surface area contributed by atoms with Crippen LogP contribution in [-0.4, -0.2) is 29.7 Å². The molecule has 0 aliphatic carbocycles. The van der Waals surface area contributed by atoms with Crippen molar-refractivity contribution >= 4 is 23.3 Å². The minimum absolute atomic E-state index is 0.0338. The van der Waals surface area contributed by atoms with Crippen LogP contribution in [0.3, 0.4) is 0 Å². The summed E-state index contributed by atoms with van der Waals surface area (Å²) in [5.74, 6) is -1.32. The van der Waals surface area contributed by atoms with Crippen molar-refractivity contribution in [2.24, 2.45) is 0 Å². The zero-order valence-corrected chi connectivity index (χ0v) is 11.8. The van der Waals surface area contributed by atoms with Crippen LogP contribution in [0.4, 0.5) is 11.4 Å². The maximum Gasteiger partial charge on any atom is 0.337 e. The number of hydrogen-bond acceptors (Lipinski definition) is 4. The first-order valence-corrected chi connectivity index (χ1v) is 7.10. The normalized spacial score (nSPS) is 18.2. The molecular formula is C15H20N2O4. The predicted molar refractivity (Wildman–Crippen MR) is 79.3 cm³/mol. The molecule has 2 rings (SSSR count). The lowest BCUT2D eigenvalue weighted by atomic mass is 10.0. The average molecular weight is 292 g/mol. The van der Waals surface area contributed by atoms with Gasteiger partial charge in [-0.3, -0.25) is 4.79 Å². The van der Waals surface area contributed by atoms with Gasteiger partial charge in [-0.2, -0.15) is 0 Å². The number of nitrogens with one attached hydrogen (secondary N) is 1. The molecule has 1 unspecified atom stereocenters. The molecule has 6 nitrogen and oxygen atoms in total. The number of carboxylic acids is 1. The topological polar surface area (TPSA) is 102 Å². The molecule has 1 saturated heterocycles. The summed E-state index contributed by atoms with van der Waals surface area (Å²) in [6, 6.07) is 4.34. The average Bonchev–Trinajstić information content (AvgIpc) is 2.46. The quantitative estimate of drug-likeness (QED) is 0.722. The Morgan fingerprint density at radius 2 is 2.19 bits per heavy atom. The summed E-state index contributed by atoms with van der Waals surface area (Å²) in [6.07, 6.45) is 4.27. The summed E-state index contributed by atoms with van der Waals surface area (Å²) < 4.78 is 5.57. The number of carbonyl (C=O) groups is 2. The third-order valence-electron chi connectivity index (χ3n) is 3.52. The maximum atomic E-state index is 11.9. The highest BCUT2D eigenvalue weighted by Crippen LogP contribution is 2.21. The number of carbonyl (C=O) groups excluding carboxylic acids is 1. The Kier molecular flexibility index (Phi) is 5.16. The van der Waals surface area contributed by atoms with Crippen molar-refractivity contribution in [2.75, 3.05) is 17.7 Å². The molecule has 0 saturated carbocycles. The van der Waals surface area contributed by atoms with Crippen molar-refractivity contribution in [3.8, 4) is 0 Å². The second-order valence-electron chi connectivity index (χ2n) is 5.19. The van der Waals surface area contributed by atoms with Crippen molar-refractivity contribution in [2.45, 2.75) is 38.2 Å². The highest BCUT2D eigenvalue weighted by molar-refractivity contribution is 6.01. The van der Waals surface area contributed by atoms with E-state index in [0.29, 0.717) is 18.5 Å². The molecule has 1 aliphatic rings. The van der Waals surface area contributed by atoms with Gasteiger partial charge in [-0.15, -0.1) is 0 Å². The summed E-state index contributed by atoms with van der Waals surface area (Å²) in [7, 11) is 0. The maximum absolute atomic E-state index is 11.9. The molecular weight excluding hydrogens is 272 g/mol. The lowest BCUT2D eigenvalue weighted by Crippen LogP contribution is -2.22. The molecule has 0 aromatic heterocycles. The van der Waals surface area contributed by atoms with Gasteiger partial charge in [0.2, 0.25) is 5.91 Å². The van der Waals surface area contributed by atoms with Crippen LogP contribution in [0.5, 0.6) is 0 Å². The third kappa shape index (κ3) is 4.46. The Morgan fingerprint density at radius 3 is 2.86 bits per heavy atom. The van der Waals surface area contributed by atoms with Crippen molar-refractivity contribution in [1.29, 1.82) is 0 Å². The minimum Gasteiger partial charge on any atom is -0.478 e. The van der Waals surface area contributed by atoms with Gasteiger partial charge in [0.1, 0.15) is 0 Å². The lowest BCUT2D eigenvalue weighted by molar-refractivity contribution is -0.117. The van der Waals surface area contributed by atoms with Crippen molar-refractivity contribution < 1.29 is 19.4 Å². The molecule has 1 heterocycles. The summed E-state index contributed by atoms with van der Waals surface area (Å²) in [6.45, 7) is 0.755. The van der Waals surface area contributed by atoms with E-state index in [1.807, 2.05) is 0 Å². The number of hydrogen-bond donors (Lipinski definition) is 3. The highest BCUT2D eigenvalue weighted by atomic mass is 16.5. The molecule has 21 heavy (non-hydrogen) atoms. The van der Waals surface area contributed by atoms with Crippen molar-refractivity contribution in [3.63, 3.8) is 0 Å². The van der Waals surface area contributed by atoms with E-state index in [0.717, 1.165) is 25.9 Å². The van der Waals surface area contributed by atoms with Crippen LogP contribution >= 0.6 is 0 Å². The molecule has 4 N–H and O–H groups in total. The van der Waals surface area contributed by atoms with Gasteiger partial charge in [-0.1, -0.05) is 0 Å². The molecule has 1 aliphatic heterocycles. The molecule has 0 radical (unpaired) electrons. The van der Waals surface area contributed by atoms with Gasteiger partial charge < -0.3 is 20.9 Å². The van der Waals surface area contributed by atoms with Crippen LogP contribution in [0, 0.1) is 0 Å². The fourth-order valence-corrected chi connectivity index (χ4v) is 2.39. The molecule has 1 fully saturated rings. The monoisotopic (exact) mass is 292 g/mol. The predicted octanol–water partition coefficient (Wildman–Crippen LogP) is 2.25. The van der Waals surface area contributed by atoms with E-state index in [4.69, 9.17) is 15.6 Å². The summed E-state index contributed by atoms with van der Waals surface area (Å²) in [5.41, 5.74) is 6.31. The van der Waals surface area contributed by atoms with E-state index in [1.54, 1.807) is 0 Å². The van der Waals surface area contributed by atoms with Crippen LogP contribution < -0.4 is 11.1 Å². The minimum atomic E-state index is -1.10. The molecule has 1 aromatic carbocycles. The first-order valence-electron chi connectivity index (χ1n) is 7.10. The number of anilines is 2. The van der Waals surface area contributed by atoms with Gasteiger partial charge in [0, 0.05) is 18.7 Å². The SMILES string of the molecule is Nc1ccc(C(=O)O)c(NC(=O)CCC2CCCCO2)c1. The van der Waals surface area contributed by atoms with Gasteiger partial charge in [0.05, 0.1) is 17.4 Å². The second kappa shape index (κ2) is 7.08. The smallest absolute Gasteiger partial charge is 0.337 e. The van der Waals surface area contributed by atoms with E-state index in [2.05, 4.69) is 5.32 Å². The van der Waals surface area contributed by atoms with Gasteiger partial charge in [-0.25, -0.2) is 4.79 Å². The molecule has 1 amide bonds. The number of ether oxygens (including phenoxy) is 1. The number of rotatable bonds is 5. The second-order valence-corrected chi connectivity index (χ2v) is 5.19. The van der Waals surface area contributed by atoms with Crippen LogP contribution in [0.15, 0.2) is 18.2 Å². The fourth-order valence-electron chi connectivity index (χ4n) is 2.39. The fraction of sp³-hybridized carbons (Fsp3) is 0.467. The van der Waals surface area contributed by atoms with E-state index in [9.17, 15) is 9.59 Å². The summed E-state index contributed by atoms with van der Waals surface area (Å²) in [5, 5.41) is 11.7. The Morgan fingerprint density at radius 1 is 1.38 bits per heavy atom. The van der Waals surface area contributed by atoms with E-state index in [1.165, 1.54) is 18.2 Å². The molecule has 0 spiro atoms. The number of carboxylic acid groups (broad SMARTS) is 1. The molecule has 1 atom stereocenters. The van der Waals surface area contributed by atoms with E-state index in [-0.39, 0.29) is 23.3 Å². The van der Waals surface area contributed by atoms with Crippen LogP contribution in [0.25, 0.3) is 0 Å². The molecule has 1 aromatic rings. The van der Waals surface area contributed by atoms with Crippen LogP contribution in [-0.2, 0) is 9.53 Å². The Bertz CT molecular complexity index is 524. The molecule has 114 valence electrons. The first kappa shape index (κ1) is 15.3. The zero-order valence-electron chi connectivity index (χ0n) is 11.8. The summed E-state index contributed by atoms with van der Waals surface area (Å²) in [4.78, 5) is 23.0. The van der Waals surface area contributed by atoms with E-state index < -0.39 is 5.97 Å². The highest BCUT2D eigenvalue weighted by Gasteiger charge is 2.17. The number of amides is 1. The first-order chi connectivity index (χ1) is 10.1. The zero-order chi connectivity index (χ0) is 15.2. The molecule has 6 heteroatoms. The van der Waals surface area contributed by atoms with Crippen molar-refractivity contribution in [1.82, 2.24) is 0 Å². The van der Waals surface area contributed by atoms with Gasteiger partial charge in [0.25, 0.3) is 0 Å². The van der Waals surface area contributed by atoms with Crippen molar-refractivity contribution in [3.05, 3.63) is 23.8 Å². The molecule has 0 bridgehead atoms. The number of nitrogens with two attached hydrogens (primary N) is 1. The number of benzene rings is 1. The Balaban J connectivity index is 1.92. The number of nitrogen functional groups attached to an aromatic ring is 1. The lowest BCUT2D eigenvalue weighted by Gasteiger charge is -2.22. The van der Waals surface area contributed by atoms with Crippen LogP contribution in [0.2, 0.25) is 0 Å². The van der Waals surface area contributed by atoms with Crippen LogP contribution in [0.1, 0.15) is 42.5 Å². The van der Waals surface area contributed by atoms with Gasteiger partial charge in [0.15, 0.2) is 0 Å². The standard InChI is InChI=1S/C15H20N2O4/c16-10-4-6-12(15(19)20)13(9-10)17-14(18)7-5-11-3-1-2-8-21-11/h4,6,9,11H,1-3,5,7-8,16H2,(H,17,18)(H,19,20).